The maximum Gasteiger partial charge on any atom is 0.291 e. The SMILES string of the molecule is CC1(NC(=O)c2n[nH]c(C(C)(C)C)n2)CCS(=O)(=O)C1. The highest BCUT2D eigenvalue weighted by Crippen LogP contribution is 2.23. The molecule has 1 aliphatic heterocycles. The zero-order chi connectivity index (χ0) is 15.2. The molecule has 1 aromatic heterocycles. The number of sulfone groups is 1. The van der Waals surface area contributed by atoms with Gasteiger partial charge in [0.15, 0.2) is 9.84 Å². The first-order chi connectivity index (χ1) is 9.01. The number of aromatic nitrogens is 3. The summed E-state index contributed by atoms with van der Waals surface area (Å²) < 4.78 is 23.0. The Labute approximate surface area is 118 Å². The number of carbonyl (C=O) groups is 1. The van der Waals surface area contributed by atoms with E-state index >= 15 is 0 Å². The van der Waals surface area contributed by atoms with Crippen molar-refractivity contribution >= 4 is 15.7 Å². The fraction of sp³-hybridized carbons (Fsp3) is 0.750. The lowest BCUT2D eigenvalue weighted by Crippen LogP contribution is -2.47. The van der Waals surface area contributed by atoms with Crippen molar-refractivity contribution in [1.29, 1.82) is 0 Å². The highest BCUT2D eigenvalue weighted by atomic mass is 32.2. The van der Waals surface area contributed by atoms with Crippen LogP contribution in [-0.4, -0.2) is 46.6 Å². The van der Waals surface area contributed by atoms with Crippen LogP contribution < -0.4 is 5.32 Å². The first-order valence-electron chi connectivity index (χ1n) is 6.47. The van der Waals surface area contributed by atoms with Crippen molar-refractivity contribution in [3.8, 4) is 0 Å². The summed E-state index contributed by atoms with van der Waals surface area (Å²) in [5.74, 6) is 0.275. The zero-order valence-corrected chi connectivity index (χ0v) is 13.0. The Hall–Kier alpha value is -1.44. The van der Waals surface area contributed by atoms with Crippen molar-refractivity contribution in [3.63, 3.8) is 0 Å². The van der Waals surface area contributed by atoms with Crippen LogP contribution in [0.5, 0.6) is 0 Å². The summed E-state index contributed by atoms with van der Waals surface area (Å²) >= 11 is 0. The summed E-state index contributed by atoms with van der Waals surface area (Å²) in [5, 5.41) is 9.36. The van der Waals surface area contributed by atoms with Crippen molar-refractivity contribution in [3.05, 3.63) is 11.6 Å². The number of nitrogens with one attached hydrogen (secondary N) is 2. The molecule has 1 atom stereocenters. The van der Waals surface area contributed by atoms with Crippen LogP contribution in [-0.2, 0) is 15.3 Å². The first kappa shape index (κ1) is 15.0. The van der Waals surface area contributed by atoms with Crippen LogP contribution >= 0.6 is 0 Å². The smallest absolute Gasteiger partial charge is 0.291 e. The van der Waals surface area contributed by atoms with E-state index in [0.717, 1.165) is 0 Å². The third kappa shape index (κ3) is 3.17. The second kappa shape index (κ2) is 4.54. The molecule has 0 saturated carbocycles. The molecule has 2 N–H and O–H groups in total. The molecule has 1 fully saturated rings. The maximum absolute atomic E-state index is 12.1. The summed E-state index contributed by atoms with van der Waals surface area (Å²) in [6.45, 7) is 7.60. The molecule has 0 spiro atoms. The standard InChI is InChI=1S/C12H20N4O3S/c1-11(2,3)10-13-8(15-16-10)9(17)14-12(4)5-6-20(18,19)7-12/h5-7H2,1-4H3,(H,14,17)(H,13,15,16). The number of hydrogen-bond donors (Lipinski definition) is 2. The summed E-state index contributed by atoms with van der Waals surface area (Å²) in [6, 6.07) is 0. The molecule has 0 radical (unpaired) electrons. The molecule has 0 bridgehead atoms. The lowest BCUT2D eigenvalue weighted by atomic mass is 9.96. The number of amides is 1. The molecule has 1 amide bonds. The van der Waals surface area contributed by atoms with Crippen molar-refractivity contribution in [2.24, 2.45) is 0 Å². The van der Waals surface area contributed by atoms with Gasteiger partial charge >= 0.3 is 0 Å². The topological polar surface area (TPSA) is 105 Å². The zero-order valence-electron chi connectivity index (χ0n) is 12.1. The molecule has 1 aliphatic rings. The molecule has 2 rings (SSSR count). The van der Waals surface area contributed by atoms with E-state index in [2.05, 4.69) is 20.5 Å². The van der Waals surface area contributed by atoms with E-state index in [-0.39, 0.29) is 22.7 Å². The minimum absolute atomic E-state index is 0.0394. The van der Waals surface area contributed by atoms with Crippen LogP contribution in [0.3, 0.4) is 0 Å². The predicted molar refractivity (Wildman–Crippen MR) is 74.2 cm³/mol. The van der Waals surface area contributed by atoms with Gasteiger partial charge in [-0.1, -0.05) is 20.8 Å². The summed E-state index contributed by atoms with van der Waals surface area (Å²) in [7, 11) is -3.06. The molecule has 20 heavy (non-hydrogen) atoms. The predicted octanol–water partition coefficient (Wildman–Crippen LogP) is 0.409. The van der Waals surface area contributed by atoms with Crippen LogP contribution in [0.4, 0.5) is 0 Å². The van der Waals surface area contributed by atoms with Gasteiger partial charge in [0.1, 0.15) is 5.82 Å². The van der Waals surface area contributed by atoms with E-state index in [4.69, 9.17) is 0 Å². The quantitative estimate of drug-likeness (QED) is 0.823. The molecule has 112 valence electrons. The van der Waals surface area contributed by atoms with Crippen molar-refractivity contribution in [2.45, 2.75) is 45.1 Å². The number of aromatic amines is 1. The molecule has 1 aromatic rings. The highest BCUT2D eigenvalue weighted by Gasteiger charge is 2.40. The molecule has 7 nitrogen and oxygen atoms in total. The number of hydrogen-bond acceptors (Lipinski definition) is 5. The molecule has 1 unspecified atom stereocenters. The Morgan fingerprint density at radius 3 is 2.50 bits per heavy atom. The van der Waals surface area contributed by atoms with Gasteiger partial charge in [0, 0.05) is 5.41 Å². The summed E-state index contributed by atoms with van der Waals surface area (Å²) in [4.78, 5) is 16.3. The minimum atomic E-state index is -3.06. The molecular formula is C12H20N4O3S. The number of H-pyrrole nitrogens is 1. The molecule has 2 heterocycles. The van der Waals surface area contributed by atoms with E-state index in [0.29, 0.717) is 12.2 Å². The third-order valence-electron chi connectivity index (χ3n) is 3.32. The van der Waals surface area contributed by atoms with Crippen LogP contribution in [0.1, 0.15) is 50.6 Å². The summed E-state index contributed by atoms with van der Waals surface area (Å²) in [5.41, 5.74) is -0.968. The first-order valence-corrected chi connectivity index (χ1v) is 8.29. The molecule has 0 aromatic carbocycles. The van der Waals surface area contributed by atoms with Crippen LogP contribution in [0.25, 0.3) is 0 Å². The van der Waals surface area contributed by atoms with E-state index in [9.17, 15) is 13.2 Å². The van der Waals surface area contributed by atoms with Crippen LogP contribution in [0, 0.1) is 0 Å². The van der Waals surface area contributed by atoms with Crippen molar-refractivity contribution in [2.75, 3.05) is 11.5 Å². The van der Waals surface area contributed by atoms with E-state index in [1.54, 1.807) is 6.92 Å². The Balaban J connectivity index is 2.12. The Morgan fingerprint density at radius 1 is 1.40 bits per heavy atom. The highest BCUT2D eigenvalue weighted by molar-refractivity contribution is 7.91. The summed E-state index contributed by atoms with van der Waals surface area (Å²) in [6.07, 6.45) is 0.414. The Morgan fingerprint density at radius 2 is 2.05 bits per heavy atom. The van der Waals surface area contributed by atoms with Crippen LogP contribution in [0.2, 0.25) is 0 Å². The molecule has 8 heteroatoms. The van der Waals surface area contributed by atoms with Crippen molar-refractivity contribution < 1.29 is 13.2 Å². The number of nitrogens with zero attached hydrogens (tertiary/aromatic N) is 2. The largest absolute Gasteiger partial charge is 0.343 e. The lowest BCUT2D eigenvalue weighted by Gasteiger charge is -2.22. The van der Waals surface area contributed by atoms with Crippen LogP contribution in [0.15, 0.2) is 0 Å². The Kier molecular flexibility index (Phi) is 3.40. The number of carbonyl (C=O) groups excluding carboxylic acids is 1. The fourth-order valence-electron chi connectivity index (χ4n) is 2.14. The van der Waals surface area contributed by atoms with Gasteiger partial charge in [-0.15, -0.1) is 5.10 Å². The van der Waals surface area contributed by atoms with Gasteiger partial charge in [-0.3, -0.25) is 9.89 Å². The van der Waals surface area contributed by atoms with E-state index in [1.165, 1.54) is 0 Å². The second-order valence-corrected chi connectivity index (χ2v) is 8.80. The van der Waals surface area contributed by atoms with Crippen molar-refractivity contribution in [1.82, 2.24) is 20.5 Å². The van der Waals surface area contributed by atoms with Gasteiger partial charge in [0.2, 0.25) is 5.82 Å². The fourth-order valence-corrected chi connectivity index (χ4v) is 4.23. The lowest BCUT2D eigenvalue weighted by molar-refractivity contribution is 0.0905. The maximum atomic E-state index is 12.1. The van der Waals surface area contributed by atoms with Gasteiger partial charge in [-0.05, 0) is 13.3 Å². The monoisotopic (exact) mass is 300 g/mol. The van der Waals surface area contributed by atoms with Gasteiger partial charge < -0.3 is 5.32 Å². The molecular weight excluding hydrogens is 280 g/mol. The molecule has 1 saturated heterocycles. The van der Waals surface area contributed by atoms with Gasteiger partial charge in [-0.25, -0.2) is 13.4 Å². The third-order valence-corrected chi connectivity index (χ3v) is 5.22. The molecule has 0 aliphatic carbocycles. The van der Waals surface area contributed by atoms with E-state index in [1.807, 2.05) is 20.8 Å². The normalized spacial score (nSPS) is 25.6. The minimum Gasteiger partial charge on any atom is -0.343 e. The van der Waals surface area contributed by atoms with Gasteiger partial charge in [0.05, 0.1) is 17.0 Å². The average molecular weight is 300 g/mol. The average Bonchev–Trinajstić information content (AvgIpc) is 2.82. The van der Waals surface area contributed by atoms with Gasteiger partial charge in [0.25, 0.3) is 5.91 Å². The second-order valence-electron chi connectivity index (χ2n) is 6.61. The number of rotatable bonds is 2. The van der Waals surface area contributed by atoms with Gasteiger partial charge in [-0.2, -0.15) is 0 Å². The van der Waals surface area contributed by atoms with E-state index < -0.39 is 21.3 Å². The Bertz CT molecular complexity index is 629.